The van der Waals surface area contributed by atoms with Crippen molar-refractivity contribution in [3.63, 3.8) is 0 Å². The van der Waals surface area contributed by atoms with Crippen LogP contribution in [0.1, 0.15) is 25.8 Å². The minimum atomic E-state index is -0.329. The molecule has 1 aromatic rings. The molecule has 0 aliphatic carbocycles. The first-order valence-electron chi connectivity index (χ1n) is 10.8. The van der Waals surface area contributed by atoms with Crippen molar-refractivity contribution in [3.05, 3.63) is 35.6 Å². The second-order valence-corrected chi connectivity index (χ2v) is 7.97. The number of carbonyl (C=O) groups excluding carboxylic acids is 1. The number of hydrogen-bond donors (Lipinski definition) is 3. The molecule has 1 saturated heterocycles. The van der Waals surface area contributed by atoms with Crippen molar-refractivity contribution in [3.8, 4) is 0 Å². The maximum absolute atomic E-state index is 13.2. The Bertz CT molecular complexity index is 684. The summed E-state index contributed by atoms with van der Waals surface area (Å²) in [7, 11) is 1.74. The Labute approximate surface area is 202 Å². The SMILES string of the molecule is CN=C(NCCNC(=O)Cc1cccc(F)c1)NCC(CC(C)C)N1CCOCC1.I. The number of nitrogens with one attached hydrogen (secondary N) is 3. The molecule has 1 fully saturated rings. The van der Waals surface area contributed by atoms with Gasteiger partial charge in [-0.05, 0) is 30.0 Å². The van der Waals surface area contributed by atoms with E-state index in [1.54, 1.807) is 19.2 Å². The van der Waals surface area contributed by atoms with E-state index in [1.807, 2.05) is 0 Å². The van der Waals surface area contributed by atoms with E-state index in [0.717, 1.165) is 45.2 Å². The fourth-order valence-electron chi connectivity index (χ4n) is 3.56. The first-order chi connectivity index (χ1) is 14.5. The third kappa shape index (κ3) is 11.1. The summed E-state index contributed by atoms with van der Waals surface area (Å²) in [6, 6.07) is 6.53. The average Bonchev–Trinajstić information content (AvgIpc) is 2.72. The van der Waals surface area contributed by atoms with Crippen LogP contribution in [0.2, 0.25) is 0 Å². The molecule has 9 heteroatoms. The molecule has 0 saturated carbocycles. The van der Waals surface area contributed by atoms with Crippen molar-refractivity contribution >= 4 is 35.8 Å². The highest BCUT2D eigenvalue weighted by molar-refractivity contribution is 14.0. The number of amides is 1. The topological polar surface area (TPSA) is 78.0 Å². The number of morpholine rings is 1. The first-order valence-corrected chi connectivity index (χ1v) is 10.8. The Hall–Kier alpha value is -1.46. The third-order valence-corrected chi connectivity index (χ3v) is 5.03. The zero-order valence-corrected chi connectivity index (χ0v) is 21.2. The van der Waals surface area contributed by atoms with E-state index in [1.165, 1.54) is 12.1 Å². The van der Waals surface area contributed by atoms with Crippen molar-refractivity contribution in [1.82, 2.24) is 20.9 Å². The van der Waals surface area contributed by atoms with Crippen LogP contribution in [-0.2, 0) is 16.0 Å². The molecule has 1 aromatic carbocycles. The van der Waals surface area contributed by atoms with Gasteiger partial charge in [0, 0.05) is 45.8 Å². The van der Waals surface area contributed by atoms with E-state index in [4.69, 9.17) is 4.74 Å². The Morgan fingerprint density at radius 3 is 2.55 bits per heavy atom. The van der Waals surface area contributed by atoms with Gasteiger partial charge in [-0.1, -0.05) is 26.0 Å². The lowest BCUT2D eigenvalue weighted by atomic mass is 10.0. The fourth-order valence-corrected chi connectivity index (χ4v) is 3.56. The highest BCUT2D eigenvalue weighted by atomic mass is 127. The maximum Gasteiger partial charge on any atom is 0.224 e. The van der Waals surface area contributed by atoms with E-state index in [9.17, 15) is 9.18 Å². The molecule has 176 valence electrons. The van der Waals surface area contributed by atoms with Gasteiger partial charge in [0.1, 0.15) is 5.82 Å². The van der Waals surface area contributed by atoms with Crippen LogP contribution in [0.5, 0.6) is 0 Å². The summed E-state index contributed by atoms with van der Waals surface area (Å²) in [6.07, 6.45) is 1.28. The lowest BCUT2D eigenvalue weighted by molar-refractivity contribution is -0.120. The standard InChI is InChI=1S/C22H36FN5O2.HI/c1-17(2)13-20(28-9-11-30-12-10-28)16-27-22(24-3)26-8-7-25-21(29)15-18-5-4-6-19(23)14-18;/h4-6,14,17,20H,7-13,15-16H2,1-3H3,(H,25,29)(H2,24,26,27);1H. The summed E-state index contributed by atoms with van der Waals surface area (Å²) in [6.45, 7) is 9.82. The van der Waals surface area contributed by atoms with Crippen molar-refractivity contribution < 1.29 is 13.9 Å². The average molecular weight is 549 g/mol. The van der Waals surface area contributed by atoms with Crippen LogP contribution in [0.3, 0.4) is 0 Å². The monoisotopic (exact) mass is 549 g/mol. The number of aliphatic imine (C=N–C) groups is 1. The van der Waals surface area contributed by atoms with E-state index in [0.29, 0.717) is 30.6 Å². The predicted octanol–water partition coefficient (Wildman–Crippen LogP) is 2.01. The molecule has 0 spiro atoms. The van der Waals surface area contributed by atoms with Gasteiger partial charge in [-0.25, -0.2) is 4.39 Å². The molecule has 3 N–H and O–H groups in total. The van der Waals surface area contributed by atoms with Gasteiger partial charge < -0.3 is 20.7 Å². The van der Waals surface area contributed by atoms with Gasteiger partial charge in [0.15, 0.2) is 5.96 Å². The second kappa shape index (κ2) is 15.4. The van der Waals surface area contributed by atoms with Crippen molar-refractivity contribution in [2.45, 2.75) is 32.7 Å². The molecule has 31 heavy (non-hydrogen) atoms. The summed E-state index contributed by atoms with van der Waals surface area (Å²) in [5.74, 6) is 0.874. The minimum Gasteiger partial charge on any atom is -0.379 e. The van der Waals surface area contributed by atoms with E-state index >= 15 is 0 Å². The van der Waals surface area contributed by atoms with E-state index < -0.39 is 0 Å². The molecule has 1 heterocycles. The first kappa shape index (κ1) is 27.6. The normalized spacial score (nSPS) is 15.8. The Morgan fingerprint density at radius 1 is 1.19 bits per heavy atom. The quantitative estimate of drug-likeness (QED) is 0.180. The van der Waals surface area contributed by atoms with Crippen molar-refractivity contribution in [2.75, 3.05) is 53.0 Å². The van der Waals surface area contributed by atoms with Gasteiger partial charge in [-0.15, -0.1) is 24.0 Å². The molecule has 1 amide bonds. The predicted molar refractivity (Wildman–Crippen MR) is 134 cm³/mol. The summed E-state index contributed by atoms with van der Waals surface area (Å²) in [5.41, 5.74) is 0.664. The summed E-state index contributed by atoms with van der Waals surface area (Å²) in [5, 5.41) is 9.48. The lowest BCUT2D eigenvalue weighted by Gasteiger charge is -2.35. The number of ether oxygens (including phenoxy) is 1. The Kier molecular flexibility index (Phi) is 13.7. The molecule has 1 unspecified atom stereocenters. The molecule has 2 rings (SSSR count). The van der Waals surface area contributed by atoms with Crippen LogP contribution in [0.25, 0.3) is 0 Å². The van der Waals surface area contributed by atoms with Crippen LogP contribution in [0, 0.1) is 11.7 Å². The number of carbonyl (C=O) groups is 1. The van der Waals surface area contributed by atoms with Gasteiger partial charge in [-0.2, -0.15) is 0 Å². The minimum absolute atomic E-state index is 0. The van der Waals surface area contributed by atoms with Crippen LogP contribution in [-0.4, -0.2) is 75.8 Å². The number of benzene rings is 1. The highest BCUT2D eigenvalue weighted by Crippen LogP contribution is 2.13. The molecule has 0 aromatic heterocycles. The Balaban J connectivity index is 0.00000480. The fraction of sp³-hybridized carbons (Fsp3) is 0.636. The molecule has 1 aliphatic rings. The zero-order valence-electron chi connectivity index (χ0n) is 18.8. The number of hydrogen-bond acceptors (Lipinski definition) is 4. The molecule has 1 aliphatic heterocycles. The molecule has 0 radical (unpaired) electrons. The van der Waals surface area contributed by atoms with Crippen LogP contribution < -0.4 is 16.0 Å². The largest absolute Gasteiger partial charge is 0.379 e. The van der Waals surface area contributed by atoms with Crippen LogP contribution >= 0.6 is 24.0 Å². The van der Waals surface area contributed by atoms with E-state index in [-0.39, 0.29) is 42.1 Å². The highest BCUT2D eigenvalue weighted by Gasteiger charge is 2.22. The number of rotatable bonds is 10. The molecule has 7 nitrogen and oxygen atoms in total. The number of halogens is 2. The van der Waals surface area contributed by atoms with Gasteiger partial charge in [0.05, 0.1) is 19.6 Å². The van der Waals surface area contributed by atoms with Gasteiger partial charge in [0.25, 0.3) is 0 Å². The summed E-state index contributed by atoms with van der Waals surface area (Å²) in [4.78, 5) is 18.8. The van der Waals surface area contributed by atoms with Crippen molar-refractivity contribution in [1.29, 1.82) is 0 Å². The van der Waals surface area contributed by atoms with Gasteiger partial charge in [0.2, 0.25) is 5.91 Å². The van der Waals surface area contributed by atoms with Crippen LogP contribution in [0.15, 0.2) is 29.3 Å². The zero-order chi connectivity index (χ0) is 21.8. The molecule has 0 bridgehead atoms. The molecule has 1 atom stereocenters. The number of guanidine groups is 1. The lowest BCUT2D eigenvalue weighted by Crippen LogP contribution is -2.51. The smallest absolute Gasteiger partial charge is 0.224 e. The van der Waals surface area contributed by atoms with E-state index in [2.05, 4.69) is 39.7 Å². The third-order valence-electron chi connectivity index (χ3n) is 5.03. The molecular formula is C22H37FIN5O2. The maximum atomic E-state index is 13.2. The second-order valence-electron chi connectivity index (χ2n) is 7.97. The Morgan fingerprint density at radius 2 is 1.90 bits per heavy atom. The summed E-state index contributed by atoms with van der Waals surface area (Å²) >= 11 is 0. The van der Waals surface area contributed by atoms with Gasteiger partial charge >= 0.3 is 0 Å². The van der Waals surface area contributed by atoms with Crippen LogP contribution in [0.4, 0.5) is 4.39 Å². The number of nitrogens with zero attached hydrogens (tertiary/aromatic N) is 2. The summed E-state index contributed by atoms with van der Waals surface area (Å²) < 4.78 is 18.7. The van der Waals surface area contributed by atoms with Crippen molar-refractivity contribution in [2.24, 2.45) is 10.9 Å². The molecular weight excluding hydrogens is 512 g/mol. The van der Waals surface area contributed by atoms with Gasteiger partial charge in [-0.3, -0.25) is 14.7 Å².